The van der Waals surface area contributed by atoms with Crippen LogP contribution in [0.15, 0.2) is 0 Å². The van der Waals surface area contributed by atoms with Gasteiger partial charge in [0.2, 0.25) is 0 Å². The third kappa shape index (κ3) is 6.16. The van der Waals surface area contributed by atoms with Crippen LogP contribution in [0, 0.1) is 11.8 Å². The second kappa shape index (κ2) is 5.86. The molecule has 1 fully saturated rings. The van der Waals surface area contributed by atoms with Gasteiger partial charge in [-0.2, -0.15) is 0 Å². The fourth-order valence-corrected chi connectivity index (χ4v) is 2.13. The highest BCUT2D eigenvalue weighted by atomic mass is 16.5. The van der Waals surface area contributed by atoms with Gasteiger partial charge in [-0.15, -0.1) is 0 Å². The Morgan fingerprint density at radius 2 is 2.13 bits per heavy atom. The fraction of sp³-hybridized carbons (Fsp3) is 1.00. The number of hydrogen-bond acceptors (Lipinski definition) is 2. The minimum atomic E-state index is 0.247. The Morgan fingerprint density at radius 1 is 1.40 bits per heavy atom. The van der Waals surface area contributed by atoms with Crippen molar-refractivity contribution < 1.29 is 4.74 Å². The Labute approximate surface area is 94.8 Å². The summed E-state index contributed by atoms with van der Waals surface area (Å²) in [7, 11) is 0. The molecule has 2 nitrogen and oxygen atoms in total. The average Bonchev–Trinajstić information content (AvgIpc) is 2.15. The molecule has 0 aromatic carbocycles. The smallest absolute Gasteiger partial charge is 0.0494 e. The van der Waals surface area contributed by atoms with Crippen molar-refractivity contribution in [2.75, 3.05) is 19.8 Å². The summed E-state index contributed by atoms with van der Waals surface area (Å²) in [5.74, 6) is 1.56. The highest BCUT2D eigenvalue weighted by molar-refractivity contribution is 4.74. The Morgan fingerprint density at radius 3 is 2.67 bits per heavy atom. The van der Waals surface area contributed by atoms with E-state index in [0.717, 1.165) is 31.6 Å². The van der Waals surface area contributed by atoms with E-state index in [1.807, 2.05) is 0 Å². The molecule has 0 aromatic rings. The van der Waals surface area contributed by atoms with E-state index in [9.17, 15) is 0 Å². The molecule has 0 spiro atoms. The van der Waals surface area contributed by atoms with E-state index < -0.39 is 0 Å². The molecule has 1 rings (SSSR count). The van der Waals surface area contributed by atoms with Crippen LogP contribution < -0.4 is 5.32 Å². The van der Waals surface area contributed by atoms with Gasteiger partial charge < -0.3 is 10.1 Å². The first kappa shape index (κ1) is 13.0. The van der Waals surface area contributed by atoms with E-state index >= 15 is 0 Å². The molecule has 2 atom stereocenters. The fourth-order valence-electron chi connectivity index (χ4n) is 2.13. The molecule has 1 heterocycles. The predicted molar refractivity (Wildman–Crippen MR) is 65.1 cm³/mol. The lowest BCUT2D eigenvalue weighted by atomic mass is 9.91. The molecule has 0 aromatic heterocycles. The van der Waals surface area contributed by atoms with Gasteiger partial charge in [0.25, 0.3) is 0 Å². The number of hydrogen-bond donors (Lipinski definition) is 1. The molecule has 1 aliphatic heterocycles. The zero-order valence-electron chi connectivity index (χ0n) is 10.8. The van der Waals surface area contributed by atoms with Gasteiger partial charge in [-0.3, -0.25) is 0 Å². The van der Waals surface area contributed by atoms with Gasteiger partial charge in [-0.05, 0) is 58.4 Å². The molecule has 2 unspecified atom stereocenters. The van der Waals surface area contributed by atoms with Gasteiger partial charge in [-0.25, -0.2) is 0 Å². The van der Waals surface area contributed by atoms with E-state index in [0.29, 0.717) is 0 Å². The molecule has 15 heavy (non-hydrogen) atoms. The van der Waals surface area contributed by atoms with Gasteiger partial charge in [0.15, 0.2) is 0 Å². The van der Waals surface area contributed by atoms with Crippen LogP contribution in [0.25, 0.3) is 0 Å². The SMILES string of the molecule is CC(CNC(C)(C)C)CC1CCCOC1. The summed E-state index contributed by atoms with van der Waals surface area (Å²) in [6.07, 6.45) is 3.92. The van der Waals surface area contributed by atoms with Crippen LogP contribution >= 0.6 is 0 Å². The first-order valence-electron chi connectivity index (χ1n) is 6.30. The molecule has 90 valence electrons. The molecule has 1 N–H and O–H groups in total. The molecule has 1 aliphatic rings. The highest BCUT2D eigenvalue weighted by Gasteiger charge is 2.18. The van der Waals surface area contributed by atoms with Crippen LogP contribution in [0.4, 0.5) is 0 Å². The van der Waals surface area contributed by atoms with Crippen molar-refractivity contribution in [1.29, 1.82) is 0 Å². The first-order chi connectivity index (χ1) is 6.97. The summed E-state index contributed by atoms with van der Waals surface area (Å²) in [5.41, 5.74) is 0.247. The van der Waals surface area contributed by atoms with Crippen LogP contribution in [-0.4, -0.2) is 25.3 Å². The van der Waals surface area contributed by atoms with Gasteiger partial charge in [0, 0.05) is 18.8 Å². The second-order valence-corrected chi connectivity index (χ2v) is 6.05. The summed E-state index contributed by atoms with van der Waals surface area (Å²) < 4.78 is 5.51. The minimum absolute atomic E-state index is 0.247. The molecule has 0 aliphatic carbocycles. The molecule has 1 saturated heterocycles. The van der Waals surface area contributed by atoms with Crippen molar-refractivity contribution in [3.8, 4) is 0 Å². The summed E-state index contributed by atoms with van der Waals surface area (Å²) in [4.78, 5) is 0. The van der Waals surface area contributed by atoms with Crippen LogP contribution in [0.3, 0.4) is 0 Å². The standard InChI is InChI=1S/C13H27NO/c1-11(9-14-13(2,3)4)8-12-6-5-7-15-10-12/h11-12,14H,5-10H2,1-4H3. The second-order valence-electron chi connectivity index (χ2n) is 6.05. The monoisotopic (exact) mass is 213 g/mol. The maximum atomic E-state index is 5.51. The summed E-state index contributed by atoms with van der Waals surface area (Å²) in [5, 5.41) is 3.57. The van der Waals surface area contributed by atoms with Crippen molar-refractivity contribution >= 4 is 0 Å². The Balaban J connectivity index is 2.14. The van der Waals surface area contributed by atoms with E-state index in [-0.39, 0.29) is 5.54 Å². The number of nitrogens with one attached hydrogen (secondary N) is 1. The van der Waals surface area contributed by atoms with Crippen LogP contribution in [-0.2, 0) is 4.74 Å². The van der Waals surface area contributed by atoms with Gasteiger partial charge in [-0.1, -0.05) is 6.92 Å². The zero-order valence-corrected chi connectivity index (χ0v) is 10.8. The maximum Gasteiger partial charge on any atom is 0.0494 e. The van der Waals surface area contributed by atoms with E-state index in [1.165, 1.54) is 19.3 Å². The summed E-state index contributed by atoms with van der Waals surface area (Å²) in [6, 6.07) is 0. The largest absolute Gasteiger partial charge is 0.381 e. The van der Waals surface area contributed by atoms with Gasteiger partial charge >= 0.3 is 0 Å². The van der Waals surface area contributed by atoms with Crippen molar-refractivity contribution in [2.24, 2.45) is 11.8 Å². The zero-order chi connectivity index (χ0) is 11.3. The van der Waals surface area contributed by atoms with Crippen molar-refractivity contribution in [3.63, 3.8) is 0 Å². The van der Waals surface area contributed by atoms with Gasteiger partial charge in [0.05, 0.1) is 0 Å². The number of ether oxygens (including phenoxy) is 1. The number of rotatable bonds is 4. The first-order valence-corrected chi connectivity index (χ1v) is 6.30. The molecule has 0 amide bonds. The van der Waals surface area contributed by atoms with Gasteiger partial charge in [0.1, 0.15) is 0 Å². The maximum absolute atomic E-state index is 5.51. The topological polar surface area (TPSA) is 21.3 Å². The lowest BCUT2D eigenvalue weighted by molar-refractivity contribution is 0.0457. The third-order valence-corrected chi connectivity index (χ3v) is 2.97. The third-order valence-electron chi connectivity index (χ3n) is 2.97. The van der Waals surface area contributed by atoms with Crippen LogP contribution in [0.2, 0.25) is 0 Å². The summed E-state index contributed by atoms with van der Waals surface area (Å²) >= 11 is 0. The Hall–Kier alpha value is -0.0800. The van der Waals surface area contributed by atoms with E-state index in [1.54, 1.807) is 0 Å². The Kier molecular flexibility index (Phi) is 5.07. The minimum Gasteiger partial charge on any atom is -0.381 e. The van der Waals surface area contributed by atoms with Crippen molar-refractivity contribution in [2.45, 2.75) is 52.5 Å². The average molecular weight is 213 g/mol. The molecule has 0 bridgehead atoms. The lowest BCUT2D eigenvalue weighted by Gasteiger charge is -2.27. The van der Waals surface area contributed by atoms with Crippen LogP contribution in [0.5, 0.6) is 0 Å². The molecule has 0 saturated carbocycles. The normalized spacial score (nSPS) is 25.2. The van der Waals surface area contributed by atoms with E-state index in [2.05, 4.69) is 33.0 Å². The molecule has 2 heteroatoms. The van der Waals surface area contributed by atoms with E-state index in [4.69, 9.17) is 4.74 Å². The summed E-state index contributed by atoms with van der Waals surface area (Å²) in [6.45, 7) is 12.1. The Bertz CT molecular complexity index is 168. The predicted octanol–water partition coefficient (Wildman–Crippen LogP) is 2.83. The molecular weight excluding hydrogens is 186 g/mol. The lowest BCUT2D eigenvalue weighted by Crippen LogP contribution is -2.39. The highest BCUT2D eigenvalue weighted by Crippen LogP contribution is 2.21. The quantitative estimate of drug-likeness (QED) is 0.775. The van der Waals surface area contributed by atoms with Crippen molar-refractivity contribution in [3.05, 3.63) is 0 Å². The molecular formula is C13H27NO. The van der Waals surface area contributed by atoms with Crippen LogP contribution in [0.1, 0.15) is 47.0 Å². The molecule has 0 radical (unpaired) electrons. The van der Waals surface area contributed by atoms with Crippen molar-refractivity contribution in [1.82, 2.24) is 5.32 Å².